The first-order valence-corrected chi connectivity index (χ1v) is 6.47. The first-order chi connectivity index (χ1) is 9.10. The van der Waals surface area contributed by atoms with Crippen molar-refractivity contribution in [1.82, 2.24) is 4.90 Å². The Hall–Kier alpha value is -1.81. The maximum atomic E-state index is 12.1. The smallest absolute Gasteiger partial charge is 0.246 e. The SMILES string of the molecule is COc1ccc(/C(C)=C/C(=O)N2CC[C@H](N)C2)cc1. The molecule has 2 rings (SSSR count). The van der Waals surface area contributed by atoms with E-state index in [1.165, 1.54) is 0 Å². The van der Waals surface area contributed by atoms with Crippen LogP contribution in [0.2, 0.25) is 0 Å². The number of rotatable bonds is 3. The van der Waals surface area contributed by atoms with Crippen LogP contribution in [0.5, 0.6) is 5.75 Å². The molecule has 1 aromatic carbocycles. The van der Waals surface area contributed by atoms with Crippen molar-refractivity contribution >= 4 is 11.5 Å². The Bertz CT molecular complexity index is 479. The van der Waals surface area contributed by atoms with Crippen molar-refractivity contribution in [3.05, 3.63) is 35.9 Å². The number of carbonyl (C=O) groups excluding carboxylic acids is 1. The Morgan fingerprint density at radius 2 is 2.11 bits per heavy atom. The van der Waals surface area contributed by atoms with Crippen molar-refractivity contribution in [2.45, 2.75) is 19.4 Å². The minimum Gasteiger partial charge on any atom is -0.497 e. The van der Waals surface area contributed by atoms with Gasteiger partial charge >= 0.3 is 0 Å². The molecule has 1 fully saturated rings. The minimum absolute atomic E-state index is 0.0428. The van der Waals surface area contributed by atoms with E-state index in [9.17, 15) is 4.79 Å². The van der Waals surface area contributed by atoms with Gasteiger partial charge in [-0.05, 0) is 36.6 Å². The van der Waals surface area contributed by atoms with E-state index in [-0.39, 0.29) is 11.9 Å². The number of nitrogens with two attached hydrogens (primary N) is 1. The van der Waals surface area contributed by atoms with Crippen molar-refractivity contribution in [3.8, 4) is 5.75 Å². The van der Waals surface area contributed by atoms with Gasteiger partial charge in [0.05, 0.1) is 7.11 Å². The molecule has 0 saturated carbocycles. The Balaban J connectivity index is 2.07. The Morgan fingerprint density at radius 1 is 1.42 bits per heavy atom. The van der Waals surface area contributed by atoms with Gasteiger partial charge in [0.2, 0.25) is 5.91 Å². The molecular weight excluding hydrogens is 240 g/mol. The van der Waals surface area contributed by atoms with Crippen molar-refractivity contribution in [2.75, 3.05) is 20.2 Å². The molecule has 1 aromatic rings. The highest BCUT2D eigenvalue weighted by Crippen LogP contribution is 2.19. The summed E-state index contributed by atoms with van der Waals surface area (Å²) < 4.78 is 5.11. The molecule has 0 radical (unpaired) electrons. The molecule has 0 unspecified atom stereocenters. The topological polar surface area (TPSA) is 55.6 Å². The van der Waals surface area contributed by atoms with Crippen LogP contribution in [0, 0.1) is 0 Å². The second-order valence-electron chi connectivity index (χ2n) is 4.89. The molecule has 0 aliphatic carbocycles. The summed E-state index contributed by atoms with van der Waals surface area (Å²) in [6.45, 7) is 3.35. The van der Waals surface area contributed by atoms with Gasteiger partial charge in [-0.2, -0.15) is 0 Å². The van der Waals surface area contributed by atoms with Crippen LogP contribution in [0.25, 0.3) is 5.57 Å². The van der Waals surface area contributed by atoms with E-state index in [0.29, 0.717) is 6.54 Å². The van der Waals surface area contributed by atoms with Gasteiger partial charge in [-0.25, -0.2) is 0 Å². The summed E-state index contributed by atoms with van der Waals surface area (Å²) in [4.78, 5) is 13.9. The van der Waals surface area contributed by atoms with E-state index >= 15 is 0 Å². The fourth-order valence-electron chi connectivity index (χ4n) is 2.20. The lowest BCUT2D eigenvalue weighted by Crippen LogP contribution is -2.30. The fourth-order valence-corrected chi connectivity index (χ4v) is 2.20. The van der Waals surface area contributed by atoms with Crippen molar-refractivity contribution < 1.29 is 9.53 Å². The molecule has 1 aliphatic heterocycles. The Morgan fingerprint density at radius 3 is 2.63 bits per heavy atom. The highest BCUT2D eigenvalue weighted by atomic mass is 16.5. The molecule has 102 valence electrons. The average molecular weight is 260 g/mol. The van der Waals surface area contributed by atoms with Gasteiger partial charge in [0.1, 0.15) is 5.75 Å². The fraction of sp³-hybridized carbons (Fsp3) is 0.400. The molecule has 0 aromatic heterocycles. The third-order valence-corrected chi connectivity index (χ3v) is 3.42. The molecule has 4 heteroatoms. The number of ether oxygens (including phenoxy) is 1. The van der Waals surface area contributed by atoms with E-state index in [4.69, 9.17) is 10.5 Å². The lowest BCUT2D eigenvalue weighted by atomic mass is 10.1. The molecule has 0 spiro atoms. The van der Waals surface area contributed by atoms with Crippen molar-refractivity contribution in [1.29, 1.82) is 0 Å². The predicted octanol–water partition coefficient (Wildman–Crippen LogP) is 1.66. The normalized spacial score (nSPS) is 19.6. The minimum atomic E-state index is 0.0428. The van der Waals surface area contributed by atoms with Gasteiger partial charge in [0.15, 0.2) is 0 Å². The largest absolute Gasteiger partial charge is 0.497 e. The summed E-state index contributed by atoms with van der Waals surface area (Å²) in [6.07, 6.45) is 2.57. The van der Waals surface area contributed by atoms with Crippen LogP contribution < -0.4 is 10.5 Å². The Kier molecular flexibility index (Phi) is 4.22. The number of nitrogens with zero attached hydrogens (tertiary/aromatic N) is 1. The number of amides is 1. The van der Waals surface area contributed by atoms with E-state index < -0.39 is 0 Å². The molecular formula is C15H20N2O2. The average Bonchev–Trinajstić information content (AvgIpc) is 2.85. The predicted molar refractivity (Wildman–Crippen MR) is 75.8 cm³/mol. The van der Waals surface area contributed by atoms with E-state index in [1.807, 2.05) is 31.2 Å². The van der Waals surface area contributed by atoms with Crippen LogP contribution >= 0.6 is 0 Å². The highest BCUT2D eigenvalue weighted by molar-refractivity contribution is 5.95. The second kappa shape index (κ2) is 5.89. The van der Waals surface area contributed by atoms with Gasteiger partial charge in [-0.3, -0.25) is 4.79 Å². The molecule has 1 aliphatic rings. The second-order valence-corrected chi connectivity index (χ2v) is 4.89. The third-order valence-electron chi connectivity index (χ3n) is 3.42. The van der Waals surface area contributed by atoms with E-state index in [0.717, 1.165) is 29.9 Å². The van der Waals surface area contributed by atoms with E-state index in [2.05, 4.69) is 0 Å². The van der Waals surface area contributed by atoms with Crippen molar-refractivity contribution in [3.63, 3.8) is 0 Å². The van der Waals surface area contributed by atoms with Gasteiger partial charge in [-0.15, -0.1) is 0 Å². The summed E-state index contributed by atoms with van der Waals surface area (Å²) >= 11 is 0. The summed E-state index contributed by atoms with van der Waals surface area (Å²) in [5.41, 5.74) is 7.79. The zero-order valence-electron chi connectivity index (χ0n) is 11.4. The zero-order valence-corrected chi connectivity index (χ0v) is 11.4. The number of carbonyl (C=O) groups is 1. The third kappa shape index (κ3) is 3.35. The van der Waals surface area contributed by atoms with Gasteiger partial charge in [-0.1, -0.05) is 12.1 Å². The monoisotopic (exact) mass is 260 g/mol. The van der Waals surface area contributed by atoms with Gasteiger partial charge < -0.3 is 15.4 Å². The summed E-state index contributed by atoms with van der Waals surface area (Å²) in [5.74, 6) is 0.856. The number of allylic oxidation sites excluding steroid dienone is 1. The van der Waals surface area contributed by atoms with Crippen LogP contribution in [0.3, 0.4) is 0 Å². The first kappa shape index (κ1) is 13.6. The molecule has 19 heavy (non-hydrogen) atoms. The van der Waals surface area contributed by atoms with Crippen LogP contribution in [0.1, 0.15) is 18.9 Å². The maximum Gasteiger partial charge on any atom is 0.246 e. The highest BCUT2D eigenvalue weighted by Gasteiger charge is 2.22. The van der Waals surface area contributed by atoms with Crippen LogP contribution in [-0.4, -0.2) is 37.0 Å². The molecule has 0 bridgehead atoms. The lowest BCUT2D eigenvalue weighted by molar-refractivity contribution is -0.125. The van der Waals surface area contributed by atoms with E-state index in [1.54, 1.807) is 18.1 Å². The number of methoxy groups -OCH3 is 1. The molecule has 2 N–H and O–H groups in total. The number of hydrogen-bond acceptors (Lipinski definition) is 3. The first-order valence-electron chi connectivity index (χ1n) is 6.47. The number of hydrogen-bond donors (Lipinski definition) is 1. The molecule has 1 saturated heterocycles. The maximum absolute atomic E-state index is 12.1. The summed E-state index contributed by atoms with van der Waals surface area (Å²) in [5, 5.41) is 0. The van der Waals surface area contributed by atoms with Crippen LogP contribution in [-0.2, 0) is 4.79 Å². The van der Waals surface area contributed by atoms with Gasteiger partial charge in [0.25, 0.3) is 0 Å². The zero-order chi connectivity index (χ0) is 13.8. The van der Waals surface area contributed by atoms with Crippen LogP contribution in [0.4, 0.5) is 0 Å². The van der Waals surface area contributed by atoms with Crippen LogP contribution in [0.15, 0.2) is 30.3 Å². The Labute approximate surface area is 113 Å². The standard InChI is InChI=1S/C15H20N2O2/c1-11(12-3-5-14(19-2)6-4-12)9-15(18)17-8-7-13(16)10-17/h3-6,9,13H,7-8,10,16H2,1-2H3/b11-9+/t13-/m0/s1. The molecule has 1 amide bonds. The van der Waals surface area contributed by atoms with Crippen molar-refractivity contribution in [2.24, 2.45) is 5.73 Å². The molecule has 1 heterocycles. The lowest BCUT2D eigenvalue weighted by Gasteiger charge is -2.13. The summed E-state index contributed by atoms with van der Waals surface area (Å²) in [7, 11) is 1.64. The summed E-state index contributed by atoms with van der Waals surface area (Å²) in [6, 6.07) is 7.81. The quantitative estimate of drug-likeness (QED) is 0.841. The number of likely N-dealkylation sites (tertiary alicyclic amines) is 1. The van der Waals surface area contributed by atoms with Gasteiger partial charge in [0, 0.05) is 25.2 Å². The number of benzene rings is 1. The molecule has 4 nitrogen and oxygen atoms in total. The molecule has 1 atom stereocenters.